The zero-order valence-corrected chi connectivity index (χ0v) is 13.6. The Morgan fingerprint density at radius 3 is 2.80 bits per heavy atom. The summed E-state index contributed by atoms with van der Waals surface area (Å²) in [7, 11) is 0. The molecule has 1 aliphatic heterocycles. The Hall–Kier alpha value is -0.620. The average molecular weight is 342 g/mol. The van der Waals surface area contributed by atoms with Crippen molar-refractivity contribution in [2.24, 2.45) is 5.73 Å². The number of anilines is 1. The van der Waals surface area contributed by atoms with Crippen molar-refractivity contribution in [1.29, 1.82) is 0 Å². The smallest absolute Gasteiger partial charge is 0.0558 e. The summed E-state index contributed by atoms with van der Waals surface area (Å²) in [6, 6.07) is 6.37. The van der Waals surface area contributed by atoms with Gasteiger partial charge in [0.05, 0.1) is 6.61 Å². The Labute approximate surface area is 129 Å². The second kappa shape index (κ2) is 7.41. The quantitative estimate of drug-likeness (QED) is 0.879. The maximum Gasteiger partial charge on any atom is 0.0558 e. The third kappa shape index (κ3) is 3.95. The zero-order chi connectivity index (χ0) is 14.5. The zero-order valence-electron chi connectivity index (χ0n) is 12.1. The summed E-state index contributed by atoms with van der Waals surface area (Å²) < 4.78 is 1.09. The third-order valence-electron chi connectivity index (χ3n) is 3.83. The Kier molecular flexibility index (Phi) is 5.84. The number of hydrogen-bond donors (Lipinski definition) is 2. The van der Waals surface area contributed by atoms with Gasteiger partial charge in [0.2, 0.25) is 0 Å². The van der Waals surface area contributed by atoms with Crippen molar-refractivity contribution in [1.82, 2.24) is 4.90 Å². The first-order valence-electron chi connectivity index (χ1n) is 7.25. The van der Waals surface area contributed by atoms with Gasteiger partial charge in [-0.25, -0.2) is 0 Å². The van der Waals surface area contributed by atoms with Gasteiger partial charge in [0, 0.05) is 42.4 Å². The Morgan fingerprint density at radius 1 is 1.30 bits per heavy atom. The van der Waals surface area contributed by atoms with Crippen LogP contribution in [0.4, 0.5) is 5.69 Å². The van der Waals surface area contributed by atoms with E-state index in [4.69, 9.17) is 10.8 Å². The topological polar surface area (TPSA) is 52.7 Å². The van der Waals surface area contributed by atoms with Crippen LogP contribution in [0.2, 0.25) is 0 Å². The lowest BCUT2D eigenvalue weighted by Crippen LogP contribution is -2.33. The van der Waals surface area contributed by atoms with Gasteiger partial charge in [0.1, 0.15) is 0 Å². The highest BCUT2D eigenvalue weighted by Gasteiger charge is 2.18. The number of nitrogens with zero attached hydrogens (tertiary/aromatic N) is 2. The van der Waals surface area contributed by atoms with Crippen molar-refractivity contribution in [3.05, 3.63) is 28.2 Å². The molecule has 2 rings (SSSR count). The molecule has 20 heavy (non-hydrogen) atoms. The highest BCUT2D eigenvalue weighted by molar-refractivity contribution is 9.10. The van der Waals surface area contributed by atoms with Crippen LogP contribution < -0.4 is 10.6 Å². The number of nitrogens with two attached hydrogens (primary N) is 1. The van der Waals surface area contributed by atoms with E-state index < -0.39 is 0 Å². The first-order chi connectivity index (χ1) is 9.61. The molecule has 1 fully saturated rings. The van der Waals surface area contributed by atoms with Gasteiger partial charge >= 0.3 is 0 Å². The molecule has 0 bridgehead atoms. The van der Waals surface area contributed by atoms with Crippen molar-refractivity contribution >= 4 is 21.6 Å². The summed E-state index contributed by atoms with van der Waals surface area (Å²) in [5.74, 6) is 0. The fourth-order valence-electron chi connectivity index (χ4n) is 2.75. The molecule has 1 aromatic rings. The SMILES string of the molecule is CC(N)c1ccc(Br)cc1N1CCCN(CCO)CC1. The van der Waals surface area contributed by atoms with Gasteiger partial charge in [-0.2, -0.15) is 0 Å². The molecule has 1 aromatic carbocycles. The van der Waals surface area contributed by atoms with E-state index in [9.17, 15) is 0 Å². The van der Waals surface area contributed by atoms with E-state index in [0.29, 0.717) is 0 Å². The van der Waals surface area contributed by atoms with Crippen LogP contribution in [0.3, 0.4) is 0 Å². The van der Waals surface area contributed by atoms with E-state index in [1.807, 2.05) is 6.92 Å². The Balaban J connectivity index is 2.16. The van der Waals surface area contributed by atoms with Gasteiger partial charge < -0.3 is 15.7 Å². The molecule has 0 aromatic heterocycles. The monoisotopic (exact) mass is 341 g/mol. The molecule has 0 aliphatic carbocycles. The van der Waals surface area contributed by atoms with Gasteiger partial charge in [-0.05, 0) is 37.6 Å². The summed E-state index contributed by atoms with van der Waals surface area (Å²) in [6.45, 7) is 7.11. The van der Waals surface area contributed by atoms with Crippen LogP contribution in [-0.2, 0) is 0 Å². The van der Waals surface area contributed by atoms with Gasteiger partial charge in [-0.1, -0.05) is 22.0 Å². The molecule has 0 saturated carbocycles. The van der Waals surface area contributed by atoms with Crippen LogP contribution in [0.15, 0.2) is 22.7 Å². The number of β-amino-alcohol motifs (C(OH)–C–C–N with tert-alkyl or cyclic N) is 1. The molecule has 0 radical (unpaired) electrons. The molecule has 3 N–H and O–H groups in total. The normalized spacial score (nSPS) is 18.9. The predicted octanol–water partition coefficient (Wildman–Crippen LogP) is 1.97. The van der Waals surface area contributed by atoms with Crippen molar-refractivity contribution in [3.8, 4) is 0 Å². The van der Waals surface area contributed by atoms with E-state index in [0.717, 1.165) is 43.6 Å². The molecule has 0 spiro atoms. The Bertz CT molecular complexity index is 439. The van der Waals surface area contributed by atoms with Crippen molar-refractivity contribution in [2.75, 3.05) is 44.2 Å². The molecule has 1 atom stereocenters. The molecule has 1 heterocycles. The van der Waals surface area contributed by atoms with Crippen molar-refractivity contribution < 1.29 is 5.11 Å². The lowest BCUT2D eigenvalue weighted by atomic mass is 10.1. The fourth-order valence-corrected chi connectivity index (χ4v) is 3.10. The van der Waals surface area contributed by atoms with Gasteiger partial charge in [0.15, 0.2) is 0 Å². The molecule has 0 amide bonds. The lowest BCUT2D eigenvalue weighted by Gasteiger charge is -2.27. The van der Waals surface area contributed by atoms with Gasteiger partial charge in [-0.3, -0.25) is 4.90 Å². The third-order valence-corrected chi connectivity index (χ3v) is 4.32. The van der Waals surface area contributed by atoms with Gasteiger partial charge in [-0.15, -0.1) is 0 Å². The average Bonchev–Trinajstić information content (AvgIpc) is 2.64. The van der Waals surface area contributed by atoms with E-state index in [-0.39, 0.29) is 12.6 Å². The highest BCUT2D eigenvalue weighted by atomic mass is 79.9. The summed E-state index contributed by atoms with van der Waals surface area (Å²) in [5, 5.41) is 9.07. The predicted molar refractivity (Wildman–Crippen MR) is 87.1 cm³/mol. The van der Waals surface area contributed by atoms with E-state index in [1.165, 1.54) is 11.3 Å². The number of rotatable bonds is 4. The molecule has 4 nitrogen and oxygen atoms in total. The fraction of sp³-hybridized carbons (Fsp3) is 0.600. The van der Waals surface area contributed by atoms with Crippen LogP contribution in [0.1, 0.15) is 24.9 Å². The second-order valence-corrected chi connectivity index (χ2v) is 6.31. The summed E-state index contributed by atoms with van der Waals surface area (Å²) in [6.07, 6.45) is 1.12. The number of aliphatic hydroxyl groups is 1. The molecular weight excluding hydrogens is 318 g/mol. The summed E-state index contributed by atoms with van der Waals surface area (Å²) in [5.41, 5.74) is 8.53. The lowest BCUT2D eigenvalue weighted by molar-refractivity contribution is 0.204. The van der Waals surface area contributed by atoms with Crippen molar-refractivity contribution in [2.45, 2.75) is 19.4 Å². The molecule has 1 aliphatic rings. The van der Waals surface area contributed by atoms with Crippen LogP contribution in [0, 0.1) is 0 Å². The number of halogens is 1. The highest BCUT2D eigenvalue weighted by Crippen LogP contribution is 2.29. The maximum absolute atomic E-state index is 9.07. The van der Waals surface area contributed by atoms with Crippen LogP contribution in [0.25, 0.3) is 0 Å². The van der Waals surface area contributed by atoms with Crippen LogP contribution in [0.5, 0.6) is 0 Å². The maximum atomic E-state index is 9.07. The molecular formula is C15H24BrN3O. The van der Waals surface area contributed by atoms with E-state index in [1.54, 1.807) is 0 Å². The molecule has 112 valence electrons. The number of benzene rings is 1. The molecule has 1 unspecified atom stereocenters. The first kappa shape index (κ1) is 15.8. The minimum Gasteiger partial charge on any atom is -0.395 e. The largest absolute Gasteiger partial charge is 0.395 e. The number of hydrogen-bond acceptors (Lipinski definition) is 4. The van der Waals surface area contributed by atoms with Gasteiger partial charge in [0.25, 0.3) is 0 Å². The van der Waals surface area contributed by atoms with E-state index >= 15 is 0 Å². The molecule has 1 saturated heterocycles. The number of aliphatic hydroxyl groups excluding tert-OH is 1. The first-order valence-corrected chi connectivity index (χ1v) is 8.04. The molecule has 5 heteroatoms. The van der Waals surface area contributed by atoms with Crippen molar-refractivity contribution in [3.63, 3.8) is 0 Å². The van der Waals surface area contributed by atoms with Crippen LogP contribution in [-0.4, -0.2) is 49.3 Å². The van der Waals surface area contributed by atoms with E-state index in [2.05, 4.69) is 43.9 Å². The summed E-state index contributed by atoms with van der Waals surface area (Å²) in [4.78, 5) is 4.74. The minimum absolute atomic E-state index is 0.0369. The Morgan fingerprint density at radius 2 is 2.10 bits per heavy atom. The standard InChI is InChI=1S/C15H24BrN3O/c1-12(17)14-4-3-13(16)11-15(14)19-6-2-5-18(7-8-19)9-10-20/h3-4,11-12,20H,2,5-10,17H2,1H3. The summed E-state index contributed by atoms with van der Waals surface area (Å²) >= 11 is 3.56. The second-order valence-electron chi connectivity index (χ2n) is 5.40. The minimum atomic E-state index is 0.0369. The van der Waals surface area contributed by atoms with Crippen LogP contribution >= 0.6 is 15.9 Å².